The molecule has 88 valence electrons. The Hall–Kier alpha value is 0.0500. The van der Waals surface area contributed by atoms with Gasteiger partial charge in [-0.3, -0.25) is 4.79 Å². The van der Waals surface area contributed by atoms with Gasteiger partial charge < -0.3 is 20.5 Å². The average molecular weight is 252 g/mol. The van der Waals surface area contributed by atoms with Gasteiger partial charge in [-0.1, -0.05) is 21.6 Å². The van der Waals surface area contributed by atoms with Gasteiger partial charge in [0, 0.05) is 13.1 Å². The Morgan fingerprint density at radius 1 is 1.20 bits per heavy atom. The van der Waals surface area contributed by atoms with E-state index in [4.69, 9.17) is 15.2 Å². The molecular formula is C8H16N2O3S2. The van der Waals surface area contributed by atoms with Crippen molar-refractivity contribution in [3.8, 4) is 0 Å². The highest BCUT2D eigenvalue weighted by atomic mass is 33.2. The van der Waals surface area contributed by atoms with Crippen LogP contribution in [0.2, 0.25) is 0 Å². The lowest BCUT2D eigenvalue weighted by atomic mass is 10.6. The summed E-state index contributed by atoms with van der Waals surface area (Å²) in [7, 11) is 3.17. The molecule has 1 aliphatic rings. The summed E-state index contributed by atoms with van der Waals surface area (Å²) in [5.41, 5.74) is 5.24. The highest BCUT2D eigenvalue weighted by Gasteiger charge is 2.32. The van der Waals surface area contributed by atoms with E-state index in [0.29, 0.717) is 39.5 Å². The summed E-state index contributed by atoms with van der Waals surface area (Å²) in [5.74, 6) is 0.0907. The lowest BCUT2D eigenvalue weighted by Crippen LogP contribution is -2.29. The summed E-state index contributed by atoms with van der Waals surface area (Å²) in [5, 5.41) is 2.78. The van der Waals surface area contributed by atoms with Gasteiger partial charge in [0.05, 0.1) is 26.4 Å². The zero-order valence-electron chi connectivity index (χ0n) is 8.44. The summed E-state index contributed by atoms with van der Waals surface area (Å²) in [6, 6.07) is 0. The van der Waals surface area contributed by atoms with Gasteiger partial charge in [-0.15, -0.1) is 0 Å². The van der Waals surface area contributed by atoms with Gasteiger partial charge in [-0.25, -0.2) is 0 Å². The molecule has 1 saturated heterocycles. The lowest BCUT2D eigenvalue weighted by molar-refractivity contribution is -0.119. The SMILES string of the molecule is NCCOCCOCCNC(=O)C1SS1. The predicted molar refractivity (Wildman–Crippen MR) is 62.7 cm³/mol. The van der Waals surface area contributed by atoms with Crippen LogP contribution in [-0.2, 0) is 14.3 Å². The molecule has 0 atom stereocenters. The fourth-order valence-corrected chi connectivity index (χ4v) is 1.94. The van der Waals surface area contributed by atoms with Crippen LogP contribution in [0, 0.1) is 0 Å². The number of nitrogens with two attached hydrogens (primary N) is 1. The number of carbonyl (C=O) groups excluding carboxylic acids is 1. The molecule has 1 fully saturated rings. The Kier molecular flexibility index (Phi) is 7.20. The minimum absolute atomic E-state index is 0.0907. The van der Waals surface area contributed by atoms with Crippen LogP contribution in [0.5, 0.6) is 0 Å². The molecule has 0 radical (unpaired) electrons. The van der Waals surface area contributed by atoms with E-state index in [1.807, 2.05) is 0 Å². The van der Waals surface area contributed by atoms with Crippen molar-refractivity contribution in [3.05, 3.63) is 0 Å². The molecule has 5 nitrogen and oxygen atoms in total. The van der Waals surface area contributed by atoms with Crippen molar-refractivity contribution in [2.75, 3.05) is 39.5 Å². The molecule has 0 saturated carbocycles. The maximum absolute atomic E-state index is 11.1. The summed E-state index contributed by atoms with van der Waals surface area (Å²) < 4.78 is 10.5. The average Bonchev–Trinajstić information content (AvgIpc) is 3.05. The van der Waals surface area contributed by atoms with Crippen LogP contribution in [0.15, 0.2) is 0 Å². The summed E-state index contributed by atoms with van der Waals surface area (Å²) in [6.07, 6.45) is 0. The Balaban J connectivity index is 1.74. The van der Waals surface area contributed by atoms with Crippen LogP contribution in [-0.4, -0.2) is 50.0 Å². The third kappa shape index (κ3) is 7.02. The van der Waals surface area contributed by atoms with Gasteiger partial charge in [0.2, 0.25) is 5.91 Å². The smallest absolute Gasteiger partial charge is 0.245 e. The zero-order chi connectivity index (χ0) is 10.9. The maximum atomic E-state index is 11.1. The fourth-order valence-electron chi connectivity index (χ4n) is 0.850. The van der Waals surface area contributed by atoms with Crippen molar-refractivity contribution in [1.82, 2.24) is 5.32 Å². The molecule has 0 spiro atoms. The molecule has 0 unspecified atom stereocenters. The van der Waals surface area contributed by atoms with Crippen molar-refractivity contribution >= 4 is 27.5 Å². The summed E-state index contributed by atoms with van der Waals surface area (Å²) >= 11 is 0. The molecule has 3 N–H and O–H groups in total. The fraction of sp³-hybridized carbons (Fsp3) is 0.875. The van der Waals surface area contributed by atoms with Crippen molar-refractivity contribution in [2.45, 2.75) is 4.58 Å². The van der Waals surface area contributed by atoms with Crippen LogP contribution in [0.3, 0.4) is 0 Å². The van der Waals surface area contributed by atoms with E-state index in [1.54, 1.807) is 21.6 Å². The number of rotatable bonds is 9. The van der Waals surface area contributed by atoms with Crippen molar-refractivity contribution < 1.29 is 14.3 Å². The summed E-state index contributed by atoms with van der Waals surface area (Å²) in [4.78, 5) is 11.1. The Morgan fingerprint density at radius 3 is 2.47 bits per heavy atom. The maximum Gasteiger partial charge on any atom is 0.245 e. The first kappa shape index (κ1) is 13.1. The van der Waals surface area contributed by atoms with E-state index in [9.17, 15) is 4.79 Å². The van der Waals surface area contributed by atoms with Crippen LogP contribution in [0.1, 0.15) is 0 Å². The van der Waals surface area contributed by atoms with Gasteiger partial charge >= 0.3 is 0 Å². The van der Waals surface area contributed by atoms with Gasteiger partial charge in [0.15, 0.2) is 0 Å². The number of nitrogens with one attached hydrogen (secondary N) is 1. The van der Waals surface area contributed by atoms with E-state index in [1.165, 1.54) is 0 Å². The van der Waals surface area contributed by atoms with Gasteiger partial charge in [-0.2, -0.15) is 0 Å². The molecule has 7 heteroatoms. The van der Waals surface area contributed by atoms with Gasteiger partial charge in [0.25, 0.3) is 0 Å². The second-order valence-electron chi connectivity index (χ2n) is 2.83. The molecule has 0 aromatic heterocycles. The molecule has 0 aromatic rings. The van der Waals surface area contributed by atoms with Crippen LogP contribution in [0.25, 0.3) is 0 Å². The molecule has 15 heavy (non-hydrogen) atoms. The van der Waals surface area contributed by atoms with Crippen molar-refractivity contribution in [3.63, 3.8) is 0 Å². The van der Waals surface area contributed by atoms with E-state index >= 15 is 0 Å². The second-order valence-corrected chi connectivity index (χ2v) is 5.61. The first-order chi connectivity index (χ1) is 7.34. The molecule has 0 aliphatic carbocycles. The standard InChI is InChI=1S/C8H16N2O3S2/c9-1-3-12-5-6-13-4-2-10-7(11)8-14-15-8/h8H,1-6,9H2,(H,10,11). The van der Waals surface area contributed by atoms with Crippen LogP contribution >= 0.6 is 21.6 Å². The van der Waals surface area contributed by atoms with E-state index < -0.39 is 0 Å². The Labute approximate surface area is 97.2 Å². The molecule has 0 aromatic carbocycles. The lowest BCUT2D eigenvalue weighted by Gasteiger charge is -2.05. The van der Waals surface area contributed by atoms with Crippen LogP contribution < -0.4 is 11.1 Å². The number of carbonyl (C=O) groups is 1. The third-order valence-corrected chi connectivity index (χ3v) is 3.55. The van der Waals surface area contributed by atoms with Crippen LogP contribution in [0.4, 0.5) is 0 Å². The number of ether oxygens (including phenoxy) is 2. The minimum Gasteiger partial charge on any atom is -0.378 e. The topological polar surface area (TPSA) is 73.6 Å². The van der Waals surface area contributed by atoms with Gasteiger partial charge in [-0.05, 0) is 0 Å². The molecule has 1 heterocycles. The predicted octanol–water partition coefficient (Wildman–Crippen LogP) is -0.184. The zero-order valence-corrected chi connectivity index (χ0v) is 10.1. The Bertz CT molecular complexity index is 191. The quantitative estimate of drug-likeness (QED) is 0.337. The van der Waals surface area contributed by atoms with Gasteiger partial charge in [0.1, 0.15) is 4.58 Å². The van der Waals surface area contributed by atoms with E-state index in [0.717, 1.165) is 0 Å². The molecular weight excluding hydrogens is 236 g/mol. The highest BCUT2D eigenvalue weighted by Crippen LogP contribution is 2.52. The summed E-state index contributed by atoms with van der Waals surface area (Å²) in [6.45, 7) is 3.29. The second kappa shape index (κ2) is 8.23. The first-order valence-corrected chi connectivity index (χ1v) is 7.07. The first-order valence-electron chi connectivity index (χ1n) is 4.80. The monoisotopic (exact) mass is 252 g/mol. The third-order valence-electron chi connectivity index (χ3n) is 1.59. The molecule has 1 rings (SSSR count). The minimum atomic E-state index is 0.0907. The number of amides is 1. The van der Waals surface area contributed by atoms with Crippen molar-refractivity contribution in [1.29, 1.82) is 0 Å². The molecule has 0 bridgehead atoms. The van der Waals surface area contributed by atoms with E-state index in [2.05, 4.69) is 5.32 Å². The Morgan fingerprint density at radius 2 is 1.87 bits per heavy atom. The highest BCUT2D eigenvalue weighted by molar-refractivity contribution is 8.93. The molecule has 1 amide bonds. The van der Waals surface area contributed by atoms with E-state index in [-0.39, 0.29) is 10.5 Å². The normalized spacial score (nSPS) is 15.3. The largest absolute Gasteiger partial charge is 0.378 e. The van der Waals surface area contributed by atoms with Crippen molar-refractivity contribution in [2.24, 2.45) is 5.73 Å². The number of hydrogen-bond acceptors (Lipinski definition) is 6. The number of hydrogen-bond donors (Lipinski definition) is 2. The molecule has 1 aliphatic heterocycles.